The van der Waals surface area contributed by atoms with Crippen molar-refractivity contribution in [2.75, 3.05) is 5.32 Å². The summed E-state index contributed by atoms with van der Waals surface area (Å²) in [5.41, 5.74) is 3.16. The average Bonchev–Trinajstić information content (AvgIpc) is 3.29. The summed E-state index contributed by atoms with van der Waals surface area (Å²) in [6.07, 6.45) is 1.26. The fraction of sp³-hybridized carbons (Fsp3) is 0.0500. The lowest BCUT2D eigenvalue weighted by Gasteiger charge is -2.06. The fourth-order valence-electron chi connectivity index (χ4n) is 2.55. The minimum Gasteiger partial charge on any atom is -0.502 e. The van der Waals surface area contributed by atoms with Gasteiger partial charge in [-0.2, -0.15) is 0 Å². The Hall–Kier alpha value is -4.45. The summed E-state index contributed by atoms with van der Waals surface area (Å²) in [5, 5.41) is 26.5. The monoisotopic (exact) mass is 385 g/mol. The van der Waals surface area contributed by atoms with Gasteiger partial charge in [0.25, 0.3) is 5.56 Å². The predicted molar refractivity (Wildman–Crippen MR) is 106 cm³/mol. The smallest absolute Gasteiger partial charge is 0.293 e. The van der Waals surface area contributed by atoms with E-state index in [4.69, 9.17) is 0 Å². The average molecular weight is 385 g/mol. The molecule has 0 radical (unpaired) electrons. The molecule has 0 aliphatic heterocycles. The zero-order valence-corrected chi connectivity index (χ0v) is 15.0. The largest absolute Gasteiger partial charge is 0.502 e. The van der Waals surface area contributed by atoms with Gasteiger partial charge in [-0.3, -0.25) is 4.79 Å². The molecule has 0 saturated carbocycles. The lowest BCUT2D eigenvalue weighted by molar-refractivity contribution is 0.455. The number of H-pyrrole nitrogens is 2. The molecule has 0 aliphatic carbocycles. The lowest BCUT2D eigenvalue weighted by Crippen LogP contribution is -2.11. The predicted octanol–water partition coefficient (Wildman–Crippen LogP) is 1.67. The molecule has 9 nitrogen and oxygen atoms in total. The highest BCUT2D eigenvalue weighted by atomic mass is 16.3. The molecular weight excluding hydrogens is 370 g/mol. The first-order valence-electron chi connectivity index (χ1n) is 8.65. The molecule has 0 aliphatic rings. The van der Waals surface area contributed by atoms with E-state index < -0.39 is 5.56 Å². The molecule has 2 heterocycles. The van der Waals surface area contributed by atoms with E-state index in [2.05, 4.69) is 47.7 Å². The molecule has 0 saturated heterocycles. The molecule has 142 valence electrons. The van der Waals surface area contributed by atoms with Gasteiger partial charge < -0.3 is 15.4 Å². The third-order valence-electron chi connectivity index (χ3n) is 4.10. The van der Waals surface area contributed by atoms with Crippen LogP contribution in [0.2, 0.25) is 0 Å². The standard InChI is InChI=1S/C20H15N7O2/c28-18-17(22-12-23-20(18)29)11-21-16-9-5-14(6-10-16)2-1-13-3-7-15(8-4-13)19-24-26-27-25-19/h3-10,12,21,28H,11H2,(H,22,23,29)(H,24,25,26,27). The van der Waals surface area contributed by atoms with E-state index in [0.29, 0.717) is 5.82 Å². The van der Waals surface area contributed by atoms with E-state index >= 15 is 0 Å². The van der Waals surface area contributed by atoms with Crippen molar-refractivity contribution in [1.29, 1.82) is 0 Å². The first-order chi connectivity index (χ1) is 14.2. The van der Waals surface area contributed by atoms with Gasteiger partial charge in [0.1, 0.15) is 5.69 Å². The SMILES string of the molecule is O=c1[nH]cnc(CNc2ccc(C#Cc3ccc(-c4nnn[nH]4)cc3)cc2)c1O. The lowest BCUT2D eigenvalue weighted by atomic mass is 10.1. The van der Waals surface area contributed by atoms with Crippen molar-refractivity contribution in [3.05, 3.63) is 82.0 Å². The van der Waals surface area contributed by atoms with Crippen molar-refractivity contribution in [2.24, 2.45) is 0 Å². The van der Waals surface area contributed by atoms with Crippen LogP contribution < -0.4 is 10.9 Å². The second-order valence-electron chi connectivity index (χ2n) is 6.04. The summed E-state index contributed by atoms with van der Waals surface area (Å²) in [6.45, 7) is 0.230. The summed E-state index contributed by atoms with van der Waals surface area (Å²) >= 11 is 0. The Kier molecular flexibility index (Phi) is 4.98. The van der Waals surface area contributed by atoms with Crippen LogP contribution in [0, 0.1) is 11.8 Å². The molecule has 4 rings (SSSR count). The minimum absolute atomic E-state index is 0.230. The van der Waals surface area contributed by atoms with Crippen LogP contribution in [0.5, 0.6) is 5.75 Å². The van der Waals surface area contributed by atoms with Gasteiger partial charge in [0.2, 0.25) is 5.75 Å². The van der Waals surface area contributed by atoms with Gasteiger partial charge in [0.15, 0.2) is 5.82 Å². The number of aromatic amines is 2. The summed E-state index contributed by atoms with van der Waals surface area (Å²) in [4.78, 5) is 17.6. The highest BCUT2D eigenvalue weighted by molar-refractivity contribution is 5.56. The van der Waals surface area contributed by atoms with Crippen molar-refractivity contribution in [3.8, 4) is 29.0 Å². The topological polar surface area (TPSA) is 132 Å². The van der Waals surface area contributed by atoms with E-state index in [-0.39, 0.29) is 18.0 Å². The molecule has 0 atom stereocenters. The maximum Gasteiger partial charge on any atom is 0.293 e. The van der Waals surface area contributed by atoms with Crippen LogP contribution in [0.3, 0.4) is 0 Å². The summed E-state index contributed by atoms with van der Waals surface area (Å²) in [5.74, 6) is 6.45. The maximum absolute atomic E-state index is 11.4. The Bertz CT molecular complexity index is 1220. The summed E-state index contributed by atoms with van der Waals surface area (Å²) in [6, 6.07) is 15.1. The first-order valence-corrected chi connectivity index (χ1v) is 8.65. The van der Waals surface area contributed by atoms with E-state index in [1.165, 1.54) is 6.33 Å². The Balaban J connectivity index is 1.40. The van der Waals surface area contributed by atoms with Gasteiger partial charge in [-0.1, -0.05) is 11.8 Å². The van der Waals surface area contributed by atoms with Crippen LogP contribution in [-0.4, -0.2) is 35.7 Å². The van der Waals surface area contributed by atoms with Crippen molar-refractivity contribution in [3.63, 3.8) is 0 Å². The Morgan fingerprint density at radius 1 is 1.00 bits per heavy atom. The van der Waals surface area contributed by atoms with Gasteiger partial charge in [0.05, 0.1) is 12.9 Å². The number of aromatic nitrogens is 6. The molecule has 4 N–H and O–H groups in total. The van der Waals surface area contributed by atoms with Crippen LogP contribution in [0.15, 0.2) is 59.7 Å². The fourth-order valence-corrected chi connectivity index (χ4v) is 2.55. The molecule has 0 spiro atoms. The van der Waals surface area contributed by atoms with Crippen molar-refractivity contribution in [1.82, 2.24) is 30.6 Å². The number of benzene rings is 2. The molecule has 0 unspecified atom stereocenters. The summed E-state index contributed by atoms with van der Waals surface area (Å²) < 4.78 is 0. The molecule has 4 aromatic rings. The van der Waals surface area contributed by atoms with E-state index in [1.807, 2.05) is 48.5 Å². The highest BCUT2D eigenvalue weighted by Gasteiger charge is 2.06. The van der Waals surface area contributed by atoms with Gasteiger partial charge in [-0.05, 0) is 59.0 Å². The molecule has 9 heteroatoms. The Morgan fingerprint density at radius 3 is 2.34 bits per heavy atom. The number of rotatable bonds is 4. The van der Waals surface area contributed by atoms with Gasteiger partial charge in [-0.15, -0.1) is 5.10 Å². The molecule has 29 heavy (non-hydrogen) atoms. The Morgan fingerprint density at radius 2 is 1.69 bits per heavy atom. The third kappa shape index (κ3) is 4.28. The maximum atomic E-state index is 11.4. The van der Waals surface area contributed by atoms with E-state index in [9.17, 15) is 9.90 Å². The number of tetrazole rings is 1. The number of hydrogen-bond acceptors (Lipinski definition) is 7. The highest BCUT2D eigenvalue weighted by Crippen LogP contribution is 2.15. The number of nitrogens with zero attached hydrogens (tertiary/aromatic N) is 4. The molecule has 0 fully saturated rings. The molecular formula is C20H15N7O2. The first kappa shape index (κ1) is 17.9. The summed E-state index contributed by atoms with van der Waals surface area (Å²) in [7, 11) is 0. The van der Waals surface area contributed by atoms with Crippen LogP contribution in [0.25, 0.3) is 11.4 Å². The number of anilines is 1. The quantitative estimate of drug-likeness (QED) is 0.393. The van der Waals surface area contributed by atoms with E-state index in [1.54, 1.807) is 0 Å². The second kappa shape index (κ2) is 8.06. The van der Waals surface area contributed by atoms with Crippen molar-refractivity contribution < 1.29 is 5.11 Å². The van der Waals surface area contributed by atoms with Gasteiger partial charge >= 0.3 is 0 Å². The molecule has 0 amide bonds. The van der Waals surface area contributed by atoms with Crippen LogP contribution in [0.4, 0.5) is 5.69 Å². The molecule has 2 aromatic carbocycles. The Labute approximate surface area is 164 Å². The van der Waals surface area contributed by atoms with Gasteiger partial charge in [0, 0.05) is 22.4 Å². The minimum atomic E-state index is -0.562. The third-order valence-corrected chi connectivity index (χ3v) is 4.10. The number of nitrogens with one attached hydrogen (secondary N) is 3. The normalized spacial score (nSPS) is 10.2. The zero-order valence-electron chi connectivity index (χ0n) is 15.0. The van der Waals surface area contributed by atoms with Crippen LogP contribution >= 0.6 is 0 Å². The number of aromatic hydroxyl groups is 1. The molecule has 2 aromatic heterocycles. The van der Waals surface area contributed by atoms with Crippen molar-refractivity contribution in [2.45, 2.75) is 6.54 Å². The second-order valence-corrected chi connectivity index (χ2v) is 6.04. The number of hydrogen-bond donors (Lipinski definition) is 4. The van der Waals surface area contributed by atoms with Crippen LogP contribution in [0.1, 0.15) is 16.8 Å². The van der Waals surface area contributed by atoms with Crippen molar-refractivity contribution >= 4 is 5.69 Å². The van der Waals surface area contributed by atoms with Crippen LogP contribution in [-0.2, 0) is 6.54 Å². The molecule has 0 bridgehead atoms. The van der Waals surface area contributed by atoms with Gasteiger partial charge in [-0.25, -0.2) is 10.1 Å². The zero-order chi connectivity index (χ0) is 20.1. The van der Waals surface area contributed by atoms with E-state index in [0.717, 1.165) is 22.4 Å².